The fraction of sp³-hybridized carbons (Fsp3) is 0.125. The van der Waals surface area contributed by atoms with Gasteiger partial charge in [0.25, 0.3) is 0 Å². The van der Waals surface area contributed by atoms with Gasteiger partial charge in [0.15, 0.2) is 0 Å². The van der Waals surface area contributed by atoms with E-state index in [-0.39, 0.29) is 0 Å². The second-order valence-electron chi connectivity index (χ2n) is 4.71. The molecule has 21 heavy (non-hydrogen) atoms. The maximum Gasteiger partial charge on any atom is 0.246 e. The van der Waals surface area contributed by atoms with Crippen molar-refractivity contribution in [2.24, 2.45) is 0 Å². The van der Waals surface area contributed by atoms with E-state index in [0.717, 1.165) is 15.7 Å². The van der Waals surface area contributed by atoms with Crippen LogP contribution in [0.4, 0.5) is 5.69 Å². The molecule has 0 spiro atoms. The molecular weight excluding hydrogens is 330 g/mol. The largest absolute Gasteiger partial charge is 0.376 e. The highest BCUT2D eigenvalue weighted by Crippen LogP contribution is 2.25. The second kappa shape index (κ2) is 6.10. The van der Waals surface area contributed by atoms with Crippen molar-refractivity contribution in [1.29, 1.82) is 0 Å². The molecule has 0 saturated carbocycles. The van der Waals surface area contributed by atoms with Crippen LogP contribution >= 0.6 is 15.9 Å². The van der Waals surface area contributed by atoms with Crippen LogP contribution in [0.5, 0.6) is 0 Å². The lowest BCUT2D eigenvalue weighted by molar-refractivity contribution is 0.384. The highest BCUT2D eigenvalue weighted by Gasteiger charge is 2.10. The number of aryl methyl sites for hydroxylation is 1. The van der Waals surface area contributed by atoms with Gasteiger partial charge in [-0.2, -0.15) is 4.98 Å². The Morgan fingerprint density at radius 3 is 2.62 bits per heavy atom. The van der Waals surface area contributed by atoms with Gasteiger partial charge in [-0.1, -0.05) is 50.9 Å². The Morgan fingerprint density at radius 2 is 1.86 bits per heavy atom. The Hall–Kier alpha value is -2.14. The minimum Gasteiger partial charge on any atom is -0.376 e. The van der Waals surface area contributed by atoms with Gasteiger partial charge in [-0.15, -0.1) is 0 Å². The average molecular weight is 344 g/mol. The van der Waals surface area contributed by atoms with Crippen molar-refractivity contribution in [1.82, 2.24) is 10.1 Å². The lowest BCUT2D eigenvalue weighted by Crippen LogP contribution is -1.99. The van der Waals surface area contributed by atoms with E-state index in [1.807, 2.05) is 36.4 Å². The molecular formula is C16H14BrN3O. The third-order valence-corrected chi connectivity index (χ3v) is 3.77. The lowest BCUT2D eigenvalue weighted by Gasteiger charge is -2.02. The summed E-state index contributed by atoms with van der Waals surface area (Å²) in [6.07, 6.45) is 0. The van der Waals surface area contributed by atoms with E-state index < -0.39 is 0 Å². The van der Waals surface area contributed by atoms with Crippen LogP contribution < -0.4 is 5.32 Å². The zero-order chi connectivity index (χ0) is 14.7. The molecule has 0 atom stereocenters. The Balaban J connectivity index is 1.71. The number of nitrogens with one attached hydrogen (secondary N) is 1. The minimum absolute atomic E-state index is 0.501. The highest BCUT2D eigenvalue weighted by molar-refractivity contribution is 9.10. The van der Waals surface area contributed by atoms with Crippen LogP contribution in [0.15, 0.2) is 57.5 Å². The highest BCUT2D eigenvalue weighted by atomic mass is 79.9. The standard InChI is InChI=1S/C16H14BrN3O/c1-11-6-8-12(9-7-11)18-10-15-19-16(20-21-15)13-4-2-3-5-14(13)17/h2-9,18H,10H2,1H3. The maximum absolute atomic E-state index is 5.28. The molecule has 106 valence electrons. The van der Waals surface area contributed by atoms with Crippen LogP contribution in [-0.4, -0.2) is 10.1 Å². The van der Waals surface area contributed by atoms with Gasteiger partial charge in [0.2, 0.25) is 11.7 Å². The van der Waals surface area contributed by atoms with Crippen LogP contribution in [0.1, 0.15) is 11.5 Å². The van der Waals surface area contributed by atoms with E-state index in [1.54, 1.807) is 0 Å². The van der Waals surface area contributed by atoms with Gasteiger partial charge in [-0.25, -0.2) is 0 Å². The summed E-state index contributed by atoms with van der Waals surface area (Å²) in [6, 6.07) is 16.0. The molecule has 0 amide bonds. The molecule has 4 nitrogen and oxygen atoms in total. The van der Waals surface area contributed by atoms with Gasteiger partial charge in [0.05, 0.1) is 6.54 Å². The average Bonchev–Trinajstić information content (AvgIpc) is 2.96. The fourth-order valence-electron chi connectivity index (χ4n) is 1.93. The zero-order valence-corrected chi connectivity index (χ0v) is 13.1. The Bertz CT molecular complexity index is 737. The van der Waals surface area contributed by atoms with E-state index in [9.17, 15) is 0 Å². The predicted molar refractivity (Wildman–Crippen MR) is 85.9 cm³/mol. The summed E-state index contributed by atoms with van der Waals surface area (Å²) in [7, 11) is 0. The first kappa shape index (κ1) is 13.8. The molecule has 3 rings (SSSR count). The van der Waals surface area contributed by atoms with Crippen molar-refractivity contribution in [2.45, 2.75) is 13.5 Å². The third-order valence-electron chi connectivity index (χ3n) is 3.08. The zero-order valence-electron chi connectivity index (χ0n) is 11.5. The number of hydrogen-bond donors (Lipinski definition) is 1. The van der Waals surface area contributed by atoms with Crippen molar-refractivity contribution in [3.8, 4) is 11.4 Å². The monoisotopic (exact) mass is 343 g/mol. The second-order valence-corrected chi connectivity index (χ2v) is 5.57. The lowest BCUT2D eigenvalue weighted by atomic mass is 10.2. The van der Waals surface area contributed by atoms with Crippen LogP contribution in [0.2, 0.25) is 0 Å². The molecule has 2 aromatic carbocycles. The molecule has 0 saturated heterocycles. The number of hydrogen-bond acceptors (Lipinski definition) is 4. The van der Waals surface area contributed by atoms with Crippen LogP contribution in [0, 0.1) is 6.92 Å². The topological polar surface area (TPSA) is 51.0 Å². The molecule has 0 fully saturated rings. The van der Waals surface area contributed by atoms with Gasteiger partial charge >= 0.3 is 0 Å². The first-order valence-electron chi connectivity index (χ1n) is 6.60. The van der Waals surface area contributed by atoms with Crippen LogP contribution in [0.25, 0.3) is 11.4 Å². The van der Waals surface area contributed by atoms with Crippen LogP contribution in [-0.2, 0) is 6.54 Å². The number of nitrogens with zero attached hydrogens (tertiary/aromatic N) is 2. The van der Waals surface area contributed by atoms with Crippen LogP contribution in [0.3, 0.4) is 0 Å². The van der Waals surface area contributed by atoms with Gasteiger partial charge < -0.3 is 9.84 Å². The van der Waals surface area contributed by atoms with Crippen molar-refractivity contribution in [3.63, 3.8) is 0 Å². The van der Waals surface area contributed by atoms with E-state index in [2.05, 4.69) is 50.4 Å². The number of anilines is 1. The molecule has 0 bridgehead atoms. The Kier molecular flexibility index (Phi) is 4.01. The number of benzene rings is 2. The summed E-state index contributed by atoms with van der Waals surface area (Å²) in [5.74, 6) is 1.14. The van der Waals surface area contributed by atoms with Crippen molar-refractivity contribution < 1.29 is 4.52 Å². The maximum atomic E-state index is 5.28. The molecule has 0 aliphatic carbocycles. The summed E-state index contributed by atoms with van der Waals surface area (Å²) >= 11 is 3.49. The fourth-order valence-corrected chi connectivity index (χ4v) is 2.39. The molecule has 1 heterocycles. The summed E-state index contributed by atoms with van der Waals surface area (Å²) in [4.78, 5) is 4.40. The first-order chi connectivity index (χ1) is 10.2. The van der Waals surface area contributed by atoms with Gasteiger partial charge in [-0.05, 0) is 31.2 Å². The summed E-state index contributed by atoms with van der Waals surface area (Å²) in [5, 5.41) is 7.28. The number of aromatic nitrogens is 2. The smallest absolute Gasteiger partial charge is 0.246 e. The van der Waals surface area contributed by atoms with Crippen molar-refractivity contribution >= 4 is 21.6 Å². The van der Waals surface area contributed by atoms with Gasteiger partial charge in [0, 0.05) is 15.7 Å². The molecule has 0 aliphatic rings. The van der Waals surface area contributed by atoms with Crippen molar-refractivity contribution in [2.75, 3.05) is 5.32 Å². The van der Waals surface area contributed by atoms with Gasteiger partial charge in [0.1, 0.15) is 0 Å². The number of halogens is 1. The van der Waals surface area contributed by atoms with Crippen molar-refractivity contribution in [3.05, 3.63) is 64.5 Å². The Labute approximate surface area is 131 Å². The molecule has 0 unspecified atom stereocenters. The first-order valence-corrected chi connectivity index (χ1v) is 7.40. The number of rotatable bonds is 4. The predicted octanol–water partition coefficient (Wildman–Crippen LogP) is 4.42. The molecule has 3 aromatic rings. The van der Waals surface area contributed by atoms with E-state index in [4.69, 9.17) is 4.52 Å². The molecule has 1 aromatic heterocycles. The molecule has 5 heteroatoms. The SMILES string of the molecule is Cc1ccc(NCc2nc(-c3ccccc3Br)no2)cc1. The minimum atomic E-state index is 0.501. The van der Waals surface area contributed by atoms with E-state index in [1.165, 1.54) is 5.56 Å². The summed E-state index contributed by atoms with van der Waals surface area (Å²) in [5.41, 5.74) is 3.18. The summed E-state index contributed by atoms with van der Waals surface area (Å²) < 4.78 is 6.22. The Morgan fingerprint density at radius 1 is 1.10 bits per heavy atom. The van der Waals surface area contributed by atoms with Gasteiger partial charge in [-0.3, -0.25) is 0 Å². The van der Waals surface area contributed by atoms with E-state index in [0.29, 0.717) is 18.3 Å². The molecule has 1 N–H and O–H groups in total. The molecule has 0 aliphatic heterocycles. The quantitative estimate of drug-likeness (QED) is 0.761. The normalized spacial score (nSPS) is 10.6. The van der Waals surface area contributed by atoms with E-state index >= 15 is 0 Å². The molecule has 0 radical (unpaired) electrons. The summed E-state index contributed by atoms with van der Waals surface area (Å²) in [6.45, 7) is 2.56. The third kappa shape index (κ3) is 3.31.